The molecule has 0 spiro atoms. The van der Waals surface area contributed by atoms with Gasteiger partial charge in [0.15, 0.2) is 0 Å². The lowest BCUT2D eigenvalue weighted by atomic mass is 9.94. The number of hydrogen-bond donors (Lipinski definition) is 2. The fourth-order valence-electron chi connectivity index (χ4n) is 3.11. The van der Waals surface area contributed by atoms with Crippen LogP contribution in [0.15, 0.2) is 54.9 Å². The van der Waals surface area contributed by atoms with Crippen LogP contribution in [-0.2, 0) is 0 Å². The molecule has 0 amide bonds. The Hall–Kier alpha value is -2.88. The van der Waals surface area contributed by atoms with Crippen molar-refractivity contribution >= 4 is 22.4 Å². The highest BCUT2D eigenvalue weighted by Crippen LogP contribution is 2.33. The van der Waals surface area contributed by atoms with E-state index in [1.807, 2.05) is 24.4 Å². The predicted octanol–water partition coefficient (Wildman–Crippen LogP) is 4.19. The van der Waals surface area contributed by atoms with Gasteiger partial charge in [0, 0.05) is 23.5 Å². The van der Waals surface area contributed by atoms with Gasteiger partial charge in [-0.05, 0) is 53.3 Å². The van der Waals surface area contributed by atoms with Crippen molar-refractivity contribution in [2.75, 3.05) is 5.73 Å². The Labute approximate surface area is 134 Å². The van der Waals surface area contributed by atoms with Gasteiger partial charge in [0.1, 0.15) is 11.5 Å². The van der Waals surface area contributed by atoms with E-state index in [0.717, 1.165) is 34.3 Å². The second-order valence-electron chi connectivity index (χ2n) is 6.03. The third-order valence-electron chi connectivity index (χ3n) is 4.25. The molecule has 1 aliphatic rings. The largest absolute Gasteiger partial charge is 0.384 e. The Balaban J connectivity index is 1.85. The predicted molar refractivity (Wildman–Crippen MR) is 94.6 cm³/mol. The number of anilines is 1. The van der Waals surface area contributed by atoms with Gasteiger partial charge in [-0.25, -0.2) is 9.97 Å². The molecule has 114 valence electrons. The second-order valence-corrected chi connectivity index (χ2v) is 6.03. The van der Waals surface area contributed by atoms with Crippen LogP contribution < -0.4 is 5.73 Å². The number of rotatable bonds is 2. The third-order valence-corrected chi connectivity index (χ3v) is 4.25. The van der Waals surface area contributed by atoms with Crippen molar-refractivity contribution in [1.29, 1.82) is 0 Å². The van der Waals surface area contributed by atoms with Gasteiger partial charge in [0.05, 0.1) is 0 Å². The molecule has 0 radical (unpaired) electrons. The fraction of sp³-hybridized carbons (Fsp3) is 0.158. The third kappa shape index (κ3) is 2.52. The molecule has 0 aromatic carbocycles. The number of fused-ring (bicyclic) bond motifs is 1. The number of nitrogens with one attached hydrogen (secondary N) is 1. The molecule has 3 N–H and O–H groups in total. The van der Waals surface area contributed by atoms with E-state index in [2.05, 4.69) is 46.2 Å². The van der Waals surface area contributed by atoms with E-state index in [1.54, 1.807) is 6.20 Å². The van der Waals surface area contributed by atoms with Gasteiger partial charge in [-0.15, -0.1) is 0 Å². The summed E-state index contributed by atoms with van der Waals surface area (Å²) in [6.07, 6.45) is 11.1. The van der Waals surface area contributed by atoms with Crippen molar-refractivity contribution in [3.8, 4) is 11.1 Å². The molecule has 3 aromatic rings. The normalized spacial score (nSPS) is 17.4. The number of pyridine rings is 2. The first kappa shape index (κ1) is 13.8. The highest BCUT2D eigenvalue weighted by atomic mass is 14.9. The number of nitrogens with zero attached hydrogens (tertiary/aromatic N) is 2. The van der Waals surface area contributed by atoms with Gasteiger partial charge in [-0.3, -0.25) is 0 Å². The van der Waals surface area contributed by atoms with Gasteiger partial charge in [-0.2, -0.15) is 0 Å². The highest BCUT2D eigenvalue weighted by molar-refractivity contribution is 5.95. The zero-order valence-corrected chi connectivity index (χ0v) is 13.0. The molecule has 0 saturated heterocycles. The SMILES string of the molecule is CC1C=CC=C(c2cc3c(-c4ccnc(N)c4)ccnc3[nH]2)C1. The van der Waals surface area contributed by atoms with E-state index >= 15 is 0 Å². The zero-order valence-electron chi connectivity index (χ0n) is 13.0. The average molecular weight is 302 g/mol. The first-order valence-electron chi connectivity index (χ1n) is 7.78. The summed E-state index contributed by atoms with van der Waals surface area (Å²) >= 11 is 0. The number of allylic oxidation sites excluding steroid dienone is 4. The summed E-state index contributed by atoms with van der Waals surface area (Å²) in [6.45, 7) is 2.23. The van der Waals surface area contributed by atoms with Crippen LogP contribution in [0.3, 0.4) is 0 Å². The van der Waals surface area contributed by atoms with Gasteiger partial charge in [0.25, 0.3) is 0 Å². The molecule has 23 heavy (non-hydrogen) atoms. The second kappa shape index (κ2) is 5.39. The van der Waals surface area contributed by atoms with Crippen molar-refractivity contribution in [3.05, 3.63) is 60.6 Å². The maximum absolute atomic E-state index is 5.83. The van der Waals surface area contributed by atoms with Crippen LogP contribution in [0.5, 0.6) is 0 Å². The maximum atomic E-state index is 5.83. The number of aromatic nitrogens is 3. The average Bonchev–Trinajstić information content (AvgIpc) is 2.99. The summed E-state index contributed by atoms with van der Waals surface area (Å²) in [5, 5.41) is 1.11. The van der Waals surface area contributed by atoms with Crippen LogP contribution in [0.4, 0.5) is 5.82 Å². The smallest absolute Gasteiger partial charge is 0.138 e. The molecule has 4 nitrogen and oxygen atoms in total. The molecule has 4 rings (SSSR count). The topological polar surface area (TPSA) is 67.6 Å². The zero-order chi connectivity index (χ0) is 15.8. The van der Waals surface area contributed by atoms with Gasteiger partial charge in [0.2, 0.25) is 0 Å². The quantitative estimate of drug-likeness (QED) is 0.746. The molecule has 1 atom stereocenters. The Morgan fingerprint density at radius 3 is 2.87 bits per heavy atom. The molecule has 3 aromatic heterocycles. The molecular weight excluding hydrogens is 284 g/mol. The lowest BCUT2D eigenvalue weighted by Gasteiger charge is -2.12. The minimum atomic E-state index is 0.525. The number of hydrogen-bond acceptors (Lipinski definition) is 3. The first-order valence-corrected chi connectivity index (χ1v) is 7.78. The fourth-order valence-corrected chi connectivity index (χ4v) is 3.11. The molecule has 0 aliphatic heterocycles. The lowest BCUT2D eigenvalue weighted by molar-refractivity contribution is 0.747. The van der Waals surface area contributed by atoms with E-state index in [1.165, 1.54) is 5.57 Å². The van der Waals surface area contributed by atoms with Crippen LogP contribution in [0.25, 0.3) is 27.7 Å². The van der Waals surface area contributed by atoms with Crippen molar-refractivity contribution in [3.63, 3.8) is 0 Å². The minimum absolute atomic E-state index is 0.525. The highest BCUT2D eigenvalue weighted by Gasteiger charge is 2.14. The molecule has 0 fully saturated rings. The van der Waals surface area contributed by atoms with E-state index in [4.69, 9.17) is 5.73 Å². The number of nitrogen functional groups attached to an aromatic ring is 1. The Bertz CT molecular complexity index is 933. The van der Waals surface area contributed by atoms with E-state index in [-0.39, 0.29) is 0 Å². The molecule has 3 heterocycles. The van der Waals surface area contributed by atoms with Crippen LogP contribution in [0, 0.1) is 5.92 Å². The van der Waals surface area contributed by atoms with Crippen molar-refractivity contribution in [2.24, 2.45) is 5.92 Å². The summed E-state index contributed by atoms with van der Waals surface area (Å²) in [5.41, 5.74) is 11.4. The summed E-state index contributed by atoms with van der Waals surface area (Å²) in [7, 11) is 0. The minimum Gasteiger partial charge on any atom is -0.384 e. The summed E-state index contributed by atoms with van der Waals surface area (Å²) < 4.78 is 0. The van der Waals surface area contributed by atoms with Crippen LogP contribution in [0.2, 0.25) is 0 Å². The van der Waals surface area contributed by atoms with Gasteiger partial charge < -0.3 is 10.7 Å². The Kier molecular flexibility index (Phi) is 3.23. The van der Waals surface area contributed by atoms with Crippen LogP contribution in [-0.4, -0.2) is 15.0 Å². The molecule has 1 unspecified atom stereocenters. The van der Waals surface area contributed by atoms with Crippen molar-refractivity contribution in [1.82, 2.24) is 15.0 Å². The summed E-state index contributed by atoms with van der Waals surface area (Å²) in [4.78, 5) is 12.0. The number of H-pyrrole nitrogens is 1. The Morgan fingerprint density at radius 2 is 2.04 bits per heavy atom. The van der Waals surface area contributed by atoms with Crippen molar-refractivity contribution in [2.45, 2.75) is 13.3 Å². The van der Waals surface area contributed by atoms with Gasteiger partial charge in [-0.1, -0.05) is 25.2 Å². The molecule has 0 bridgehead atoms. The van der Waals surface area contributed by atoms with Gasteiger partial charge >= 0.3 is 0 Å². The molecule has 1 aliphatic carbocycles. The monoisotopic (exact) mass is 302 g/mol. The maximum Gasteiger partial charge on any atom is 0.138 e. The number of nitrogens with two attached hydrogens (primary N) is 1. The molecular formula is C19H18N4. The number of aromatic amines is 1. The Morgan fingerprint density at radius 1 is 1.17 bits per heavy atom. The summed E-state index contributed by atoms with van der Waals surface area (Å²) in [5.74, 6) is 1.09. The van der Waals surface area contributed by atoms with Crippen molar-refractivity contribution < 1.29 is 0 Å². The lowest BCUT2D eigenvalue weighted by Crippen LogP contribution is -1.97. The first-order chi connectivity index (χ1) is 11.2. The van der Waals surface area contributed by atoms with E-state index in [9.17, 15) is 0 Å². The van der Waals surface area contributed by atoms with Crippen LogP contribution >= 0.6 is 0 Å². The summed E-state index contributed by atoms with van der Waals surface area (Å²) in [6, 6.07) is 8.08. The van der Waals surface area contributed by atoms with Crippen LogP contribution in [0.1, 0.15) is 19.0 Å². The standard InChI is InChI=1S/C19H18N4/c1-12-3-2-4-14(9-12)17-11-16-15(6-8-22-19(16)23-17)13-5-7-21-18(20)10-13/h2-8,10-12H,9H2,1H3,(H2,20,21)(H,22,23). The van der Waals surface area contributed by atoms with E-state index in [0.29, 0.717) is 11.7 Å². The molecule has 0 saturated carbocycles. The van der Waals surface area contributed by atoms with E-state index < -0.39 is 0 Å². The molecule has 4 heteroatoms.